The van der Waals surface area contributed by atoms with Gasteiger partial charge in [-0.25, -0.2) is 4.79 Å². The Hall–Kier alpha value is -2.40. The fourth-order valence-electron chi connectivity index (χ4n) is 2.98. The van der Waals surface area contributed by atoms with Crippen LogP contribution in [0.4, 0.5) is 0 Å². The van der Waals surface area contributed by atoms with Crippen molar-refractivity contribution < 1.29 is 9.53 Å². The first kappa shape index (κ1) is 16.5. The van der Waals surface area contributed by atoms with Gasteiger partial charge >= 0.3 is 5.97 Å². The number of carbonyl (C=O) groups excluding carboxylic acids is 1. The highest BCUT2D eigenvalue weighted by molar-refractivity contribution is 6.35. The highest BCUT2D eigenvalue weighted by atomic mass is 35.5. The van der Waals surface area contributed by atoms with Gasteiger partial charge in [0, 0.05) is 29.7 Å². The minimum atomic E-state index is -0.610. The molecule has 3 rings (SSSR count). The van der Waals surface area contributed by atoms with E-state index in [0.717, 1.165) is 16.6 Å². The summed E-state index contributed by atoms with van der Waals surface area (Å²) in [6.07, 6.45) is 3.21. The molecule has 5 nitrogen and oxygen atoms in total. The van der Waals surface area contributed by atoms with E-state index in [4.69, 9.17) is 16.3 Å². The second kappa shape index (κ2) is 6.24. The van der Waals surface area contributed by atoms with Crippen LogP contribution in [-0.4, -0.2) is 22.1 Å². The van der Waals surface area contributed by atoms with Crippen LogP contribution >= 0.6 is 11.6 Å². The number of hydrogen-bond donors (Lipinski definition) is 0. The zero-order valence-electron chi connectivity index (χ0n) is 13.7. The van der Waals surface area contributed by atoms with Crippen LogP contribution in [0.15, 0.2) is 29.3 Å². The van der Waals surface area contributed by atoms with E-state index in [1.54, 1.807) is 31.5 Å². The summed E-state index contributed by atoms with van der Waals surface area (Å²) in [7, 11) is 0. The predicted octanol–water partition coefficient (Wildman–Crippen LogP) is 3.71. The molecule has 0 aliphatic carbocycles. The SMILES string of the molecule is CCOC(=O)c1cn(CC)c2c(C)c3nccc(Cl)c3cc2c1=O. The van der Waals surface area contributed by atoms with E-state index in [9.17, 15) is 9.59 Å². The highest BCUT2D eigenvalue weighted by Crippen LogP contribution is 2.29. The summed E-state index contributed by atoms with van der Waals surface area (Å²) in [5.74, 6) is -0.610. The van der Waals surface area contributed by atoms with Crippen molar-refractivity contribution in [2.24, 2.45) is 0 Å². The number of fused-ring (bicyclic) bond motifs is 2. The van der Waals surface area contributed by atoms with Crippen LogP contribution in [0.2, 0.25) is 5.02 Å². The maximum atomic E-state index is 12.8. The van der Waals surface area contributed by atoms with Crippen LogP contribution in [0.3, 0.4) is 0 Å². The Morgan fingerprint density at radius 1 is 1.33 bits per heavy atom. The van der Waals surface area contributed by atoms with Crippen LogP contribution in [0, 0.1) is 6.92 Å². The highest BCUT2D eigenvalue weighted by Gasteiger charge is 2.19. The first-order chi connectivity index (χ1) is 11.5. The quantitative estimate of drug-likeness (QED) is 0.537. The number of benzene rings is 1. The monoisotopic (exact) mass is 344 g/mol. The molecule has 0 amide bonds. The third-order valence-electron chi connectivity index (χ3n) is 4.09. The van der Waals surface area contributed by atoms with Gasteiger partial charge in [-0.05, 0) is 38.5 Å². The van der Waals surface area contributed by atoms with Crippen molar-refractivity contribution in [1.82, 2.24) is 9.55 Å². The molecule has 0 spiro atoms. The molecule has 0 aliphatic rings. The second-order valence-electron chi connectivity index (χ2n) is 5.47. The third kappa shape index (κ3) is 2.45. The van der Waals surface area contributed by atoms with Crippen LogP contribution in [0.25, 0.3) is 21.8 Å². The van der Waals surface area contributed by atoms with Crippen LogP contribution in [0.1, 0.15) is 29.8 Å². The summed E-state index contributed by atoms with van der Waals surface area (Å²) in [6.45, 7) is 6.39. The molecule has 2 heterocycles. The standard InChI is InChI=1S/C18H17ClN2O3/c1-4-21-9-13(18(23)24-5-2)17(22)12-8-11-14(19)6-7-20-15(11)10(3)16(12)21/h6-9H,4-5H2,1-3H3. The molecule has 0 fully saturated rings. The van der Waals surface area contributed by atoms with E-state index in [-0.39, 0.29) is 17.6 Å². The molecule has 0 bridgehead atoms. The number of ether oxygens (including phenoxy) is 1. The van der Waals surface area contributed by atoms with E-state index >= 15 is 0 Å². The Labute approximate surface area is 143 Å². The van der Waals surface area contributed by atoms with Crippen molar-refractivity contribution in [3.63, 3.8) is 0 Å². The van der Waals surface area contributed by atoms with Gasteiger partial charge in [-0.15, -0.1) is 0 Å². The van der Waals surface area contributed by atoms with Gasteiger partial charge in [0.2, 0.25) is 5.43 Å². The van der Waals surface area contributed by atoms with Crippen molar-refractivity contribution in [3.8, 4) is 0 Å². The molecule has 6 heteroatoms. The molecule has 0 saturated carbocycles. The molecule has 0 saturated heterocycles. The summed E-state index contributed by atoms with van der Waals surface area (Å²) in [5, 5.41) is 1.67. The lowest BCUT2D eigenvalue weighted by Gasteiger charge is -2.15. The average Bonchev–Trinajstić information content (AvgIpc) is 2.57. The average molecular weight is 345 g/mol. The number of esters is 1. The van der Waals surface area contributed by atoms with Crippen molar-refractivity contribution in [2.45, 2.75) is 27.3 Å². The number of rotatable bonds is 3. The molecule has 0 unspecified atom stereocenters. The molecule has 2 aromatic heterocycles. The number of carbonyl (C=O) groups is 1. The van der Waals surface area contributed by atoms with E-state index in [1.807, 2.05) is 18.4 Å². The summed E-state index contributed by atoms with van der Waals surface area (Å²) in [5.41, 5.74) is 2.06. The van der Waals surface area contributed by atoms with Crippen molar-refractivity contribution in [1.29, 1.82) is 0 Å². The largest absolute Gasteiger partial charge is 0.462 e. The lowest BCUT2D eigenvalue weighted by atomic mass is 10.0. The molecule has 0 N–H and O–H groups in total. The van der Waals surface area contributed by atoms with E-state index < -0.39 is 5.97 Å². The van der Waals surface area contributed by atoms with E-state index in [2.05, 4.69) is 4.98 Å². The van der Waals surface area contributed by atoms with Gasteiger partial charge < -0.3 is 9.30 Å². The van der Waals surface area contributed by atoms with Crippen LogP contribution in [0.5, 0.6) is 0 Å². The molecular weight excluding hydrogens is 328 g/mol. The summed E-state index contributed by atoms with van der Waals surface area (Å²) in [6, 6.07) is 3.40. The number of aromatic nitrogens is 2. The molecule has 0 radical (unpaired) electrons. The minimum absolute atomic E-state index is 0.0324. The van der Waals surface area contributed by atoms with E-state index in [1.165, 1.54) is 0 Å². The fourth-order valence-corrected chi connectivity index (χ4v) is 3.18. The van der Waals surface area contributed by atoms with Gasteiger partial charge in [-0.2, -0.15) is 0 Å². The lowest BCUT2D eigenvalue weighted by Crippen LogP contribution is -2.21. The third-order valence-corrected chi connectivity index (χ3v) is 4.42. The smallest absolute Gasteiger partial charge is 0.343 e. The number of hydrogen-bond acceptors (Lipinski definition) is 4. The zero-order chi connectivity index (χ0) is 17.4. The first-order valence-corrected chi connectivity index (χ1v) is 8.15. The Balaban J connectivity index is 2.49. The number of nitrogens with zero attached hydrogens (tertiary/aromatic N) is 2. The Morgan fingerprint density at radius 2 is 2.08 bits per heavy atom. The Morgan fingerprint density at radius 3 is 2.75 bits per heavy atom. The van der Waals surface area contributed by atoms with Crippen molar-refractivity contribution in [3.05, 3.63) is 50.9 Å². The van der Waals surface area contributed by atoms with Crippen LogP contribution < -0.4 is 5.43 Å². The number of aryl methyl sites for hydroxylation is 2. The summed E-state index contributed by atoms with van der Waals surface area (Å²) >= 11 is 6.27. The molecule has 1 aromatic carbocycles. The predicted molar refractivity (Wildman–Crippen MR) is 94.9 cm³/mol. The lowest BCUT2D eigenvalue weighted by molar-refractivity contribution is 0.0524. The molecular formula is C18H17ClN2O3. The molecule has 0 atom stereocenters. The molecule has 0 aliphatic heterocycles. The maximum Gasteiger partial charge on any atom is 0.343 e. The number of pyridine rings is 2. The van der Waals surface area contributed by atoms with Gasteiger partial charge in [0.05, 0.1) is 22.7 Å². The van der Waals surface area contributed by atoms with Gasteiger partial charge in [0.1, 0.15) is 5.56 Å². The van der Waals surface area contributed by atoms with Gasteiger partial charge in [0.15, 0.2) is 0 Å². The molecule has 124 valence electrons. The topological polar surface area (TPSA) is 61.2 Å². The van der Waals surface area contributed by atoms with Gasteiger partial charge in [-0.3, -0.25) is 9.78 Å². The summed E-state index contributed by atoms with van der Waals surface area (Å²) < 4.78 is 6.88. The van der Waals surface area contributed by atoms with Crippen molar-refractivity contribution >= 4 is 39.4 Å². The molecule has 3 aromatic rings. The van der Waals surface area contributed by atoms with Crippen molar-refractivity contribution in [2.75, 3.05) is 6.61 Å². The first-order valence-electron chi connectivity index (χ1n) is 7.77. The Bertz CT molecular complexity index is 1020. The molecule has 24 heavy (non-hydrogen) atoms. The van der Waals surface area contributed by atoms with Gasteiger partial charge in [0.25, 0.3) is 0 Å². The van der Waals surface area contributed by atoms with Gasteiger partial charge in [-0.1, -0.05) is 11.6 Å². The maximum absolute atomic E-state index is 12.8. The summed E-state index contributed by atoms with van der Waals surface area (Å²) in [4.78, 5) is 29.4. The fraction of sp³-hybridized carbons (Fsp3) is 0.278. The number of halogens is 1. The van der Waals surface area contributed by atoms with Crippen LogP contribution in [-0.2, 0) is 11.3 Å². The minimum Gasteiger partial charge on any atom is -0.462 e. The zero-order valence-corrected chi connectivity index (χ0v) is 14.5. The Kier molecular flexibility index (Phi) is 4.28. The normalized spacial score (nSPS) is 11.2. The second-order valence-corrected chi connectivity index (χ2v) is 5.87. The van der Waals surface area contributed by atoms with E-state index in [0.29, 0.717) is 22.3 Å².